The highest BCUT2D eigenvalue weighted by molar-refractivity contribution is 7.99. The number of nitrogens with two attached hydrogens (primary N) is 1. The van der Waals surface area contributed by atoms with E-state index in [4.69, 9.17) is 5.73 Å². The third-order valence-electron chi connectivity index (χ3n) is 3.25. The van der Waals surface area contributed by atoms with Gasteiger partial charge in [-0.15, -0.1) is 0 Å². The number of hydrogen-bond donors (Lipinski definition) is 1. The summed E-state index contributed by atoms with van der Waals surface area (Å²) in [6.45, 7) is 6.47. The minimum absolute atomic E-state index is 0.0136. The summed E-state index contributed by atoms with van der Waals surface area (Å²) in [5, 5.41) is 5.56. The summed E-state index contributed by atoms with van der Waals surface area (Å²) in [5.74, 6) is 0. The van der Waals surface area contributed by atoms with Crippen LogP contribution >= 0.6 is 11.8 Å². The number of benzene rings is 1. The summed E-state index contributed by atoms with van der Waals surface area (Å²) in [6, 6.07) is 9.93. The molecule has 0 aliphatic heterocycles. The molecule has 0 unspecified atom stereocenters. The molecule has 0 atom stereocenters. The molecule has 0 bridgehead atoms. The summed E-state index contributed by atoms with van der Waals surface area (Å²) in [5.41, 5.74) is 8.86. The molecule has 2 N–H and O–H groups in total. The van der Waals surface area contributed by atoms with Crippen LogP contribution in [0, 0.1) is 0 Å². The Kier molecular flexibility index (Phi) is 3.37. The van der Waals surface area contributed by atoms with Gasteiger partial charge in [0, 0.05) is 28.4 Å². The molecule has 0 spiro atoms. The average molecular weight is 298 g/mol. The zero-order chi connectivity index (χ0) is 15.0. The topological polar surface area (TPSA) is 56.2 Å². The molecule has 3 rings (SSSR count). The van der Waals surface area contributed by atoms with Gasteiger partial charge in [0.1, 0.15) is 5.03 Å². The van der Waals surface area contributed by atoms with Gasteiger partial charge in [0.05, 0.1) is 11.2 Å². The molecule has 0 saturated heterocycles. The Labute approximate surface area is 128 Å². The van der Waals surface area contributed by atoms with Gasteiger partial charge in [-0.3, -0.25) is 0 Å². The normalized spacial score (nSPS) is 12.0. The van der Waals surface area contributed by atoms with Crippen molar-refractivity contribution in [3.8, 4) is 0 Å². The van der Waals surface area contributed by atoms with Gasteiger partial charge in [-0.05, 0) is 18.2 Å². The SMILES string of the molecule is CC(C)(C)c1cc2c(Sc3ccccc3N)nccn2n1. The highest BCUT2D eigenvalue weighted by Gasteiger charge is 2.19. The van der Waals surface area contributed by atoms with Crippen molar-refractivity contribution in [3.05, 3.63) is 48.4 Å². The molecule has 0 radical (unpaired) electrons. The lowest BCUT2D eigenvalue weighted by Crippen LogP contribution is -2.11. The third-order valence-corrected chi connectivity index (χ3v) is 4.35. The molecule has 1 aromatic carbocycles. The van der Waals surface area contributed by atoms with Gasteiger partial charge in [0.15, 0.2) is 0 Å². The van der Waals surface area contributed by atoms with E-state index in [-0.39, 0.29) is 5.41 Å². The Morgan fingerprint density at radius 1 is 1.19 bits per heavy atom. The van der Waals surface area contributed by atoms with Crippen LogP contribution in [0.2, 0.25) is 0 Å². The molecule has 0 aliphatic carbocycles. The van der Waals surface area contributed by atoms with Gasteiger partial charge in [0.2, 0.25) is 0 Å². The second-order valence-corrected chi connectivity index (χ2v) is 7.01. The maximum Gasteiger partial charge on any atom is 0.127 e. The molecule has 5 heteroatoms. The van der Waals surface area contributed by atoms with Gasteiger partial charge in [-0.2, -0.15) is 5.10 Å². The zero-order valence-corrected chi connectivity index (χ0v) is 13.2. The Bertz CT molecular complexity index is 786. The van der Waals surface area contributed by atoms with Gasteiger partial charge in [0.25, 0.3) is 0 Å². The first-order chi connectivity index (χ1) is 9.95. The number of nitrogens with zero attached hydrogens (tertiary/aromatic N) is 3. The number of para-hydroxylation sites is 1. The van der Waals surface area contributed by atoms with Crippen LogP contribution in [0.1, 0.15) is 26.5 Å². The Morgan fingerprint density at radius 2 is 1.95 bits per heavy atom. The summed E-state index contributed by atoms with van der Waals surface area (Å²) in [6.07, 6.45) is 3.65. The zero-order valence-electron chi connectivity index (χ0n) is 12.4. The molecule has 0 aliphatic rings. The Balaban J connectivity index is 2.07. The smallest absolute Gasteiger partial charge is 0.127 e. The van der Waals surface area contributed by atoms with Crippen molar-refractivity contribution in [1.82, 2.24) is 14.6 Å². The largest absolute Gasteiger partial charge is 0.398 e. The van der Waals surface area contributed by atoms with E-state index in [1.54, 1.807) is 18.0 Å². The fourth-order valence-corrected chi connectivity index (χ4v) is 2.93. The van der Waals surface area contributed by atoms with Crippen LogP contribution in [-0.2, 0) is 5.41 Å². The number of hydrogen-bond acceptors (Lipinski definition) is 4. The van der Waals surface area contributed by atoms with Crippen LogP contribution in [0.15, 0.2) is 52.6 Å². The van der Waals surface area contributed by atoms with Crippen molar-refractivity contribution >= 4 is 23.0 Å². The van der Waals surface area contributed by atoms with Crippen LogP contribution in [0.4, 0.5) is 5.69 Å². The fraction of sp³-hybridized carbons (Fsp3) is 0.250. The lowest BCUT2D eigenvalue weighted by molar-refractivity contribution is 0.562. The van der Waals surface area contributed by atoms with E-state index < -0.39 is 0 Å². The average Bonchev–Trinajstić information content (AvgIpc) is 2.86. The molecule has 4 nitrogen and oxygen atoms in total. The predicted octanol–water partition coefficient (Wildman–Crippen LogP) is 3.76. The van der Waals surface area contributed by atoms with Gasteiger partial charge < -0.3 is 5.73 Å². The summed E-state index contributed by atoms with van der Waals surface area (Å²) >= 11 is 1.57. The van der Waals surface area contributed by atoms with Crippen LogP contribution in [0.25, 0.3) is 5.52 Å². The first-order valence-electron chi connectivity index (χ1n) is 6.82. The molecule has 3 aromatic rings. The number of aromatic nitrogens is 3. The monoisotopic (exact) mass is 298 g/mol. The molecule has 108 valence electrons. The highest BCUT2D eigenvalue weighted by atomic mass is 32.2. The molecule has 21 heavy (non-hydrogen) atoms. The summed E-state index contributed by atoms with van der Waals surface area (Å²) in [7, 11) is 0. The standard InChI is InChI=1S/C16H18N4S/c1-16(2,3)14-10-12-15(18-8-9-20(12)19-14)21-13-7-5-4-6-11(13)17/h4-10H,17H2,1-3H3. The quantitative estimate of drug-likeness (QED) is 0.732. The van der Waals surface area contributed by atoms with Gasteiger partial charge >= 0.3 is 0 Å². The molecular weight excluding hydrogens is 280 g/mol. The van der Waals surface area contributed by atoms with Crippen molar-refractivity contribution in [3.63, 3.8) is 0 Å². The van der Waals surface area contributed by atoms with Crippen molar-refractivity contribution in [2.75, 3.05) is 5.73 Å². The molecule has 2 aromatic heterocycles. The maximum absolute atomic E-state index is 6.02. The summed E-state index contributed by atoms with van der Waals surface area (Å²) < 4.78 is 1.88. The van der Waals surface area contributed by atoms with E-state index in [0.717, 1.165) is 26.8 Å². The van der Waals surface area contributed by atoms with E-state index >= 15 is 0 Å². The van der Waals surface area contributed by atoms with Crippen molar-refractivity contribution in [2.24, 2.45) is 0 Å². The Hall–Kier alpha value is -2.01. The van der Waals surface area contributed by atoms with Crippen LogP contribution < -0.4 is 5.73 Å². The third kappa shape index (κ3) is 2.74. The molecule has 0 amide bonds. The van der Waals surface area contributed by atoms with E-state index in [9.17, 15) is 0 Å². The van der Waals surface area contributed by atoms with Gasteiger partial charge in [-0.25, -0.2) is 9.50 Å². The second kappa shape index (κ2) is 5.07. The minimum atomic E-state index is 0.0136. The maximum atomic E-state index is 6.02. The van der Waals surface area contributed by atoms with Crippen molar-refractivity contribution in [1.29, 1.82) is 0 Å². The number of rotatable bonds is 2. The van der Waals surface area contributed by atoms with Crippen molar-refractivity contribution in [2.45, 2.75) is 36.1 Å². The van der Waals surface area contributed by atoms with E-state index in [1.807, 2.05) is 35.0 Å². The number of nitrogen functional groups attached to an aromatic ring is 1. The van der Waals surface area contributed by atoms with Gasteiger partial charge in [-0.1, -0.05) is 44.7 Å². The second-order valence-electron chi connectivity index (χ2n) is 5.98. The minimum Gasteiger partial charge on any atom is -0.398 e. The molecule has 0 fully saturated rings. The lowest BCUT2D eigenvalue weighted by Gasteiger charge is -2.13. The first kappa shape index (κ1) is 13.9. The molecular formula is C16H18N4S. The molecule has 0 saturated carbocycles. The van der Waals surface area contributed by atoms with E-state index in [2.05, 4.69) is 36.9 Å². The highest BCUT2D eigenvalue weighted by Crippen LogP contribution is 2.34. The van der Waals surface area contributed by atoms with E-state index in [0.29, 0.717) is 0 Å². The van der Waals surface area contributed by atoms with Crippen LogP contribution in [0.5, 0.6) is 0 Å². The number of fused-ring (bicyclic) bond motifs is 1. The molecule has 2 heterocycles. The van der Waals surface area contributed by atoms with Crippen molar-refractivity contribution < 1.29 is 0 Å². The van der Waals surface area contributed by atoms with E-state index in [1.165, 1.54) is 0 Å². The predicted molar refractivity (Wildman–Crippen MR) is 86.7 cm³/mol. The number of anilines is 1. The summed E-state index contributed by atoms with van der Waals surface area (Å²) in [4.78, 5) is 5.50. The fourth-order valence-electron chi connectivity index (χ4n) is 2.02. The lowest BCUT2D eigenvalue weighted by atomic mass is 9.92. The van der Waals surface area contributed by atoms with Crippen LogP contribution in [0.3, 0.4) is 0 Å². The Morgan fingerprint density at radius 3 is 2.67 bits per heavy atom. The first-order valence-corrected chi connectivity index (χ1v) is 7.64. The van der Waals surface area contributed by atoms with Crippen LogP contribution in [-0.4, -0.2) is 14.6 Å².